The van der Waals surface area contributed by atoms with E-state index >= 15 is 0 Å². The molecule has 2 aromatic rings. The molecule has 3 heterocycles. The first kappa shape index (κ1) is 16.1. The van der Waals surface area contributed by atoms with Gasteiger partial charge in [-0.25, -0.2) is 9.48 Å². The number of carbonyl (C=O) groups excluding carboxylic acids is 1. The molecule has 2 aliphatic heterocycles. The number of hydrogen-bond donors (Lipinski definition) is 1. The number of anilines is 1. The van der Waals surface area contributed by atoms with Crippen LogP contribution in [0.1, 0.15) is 12.6 Å². The summed E-state index contributed by atoms with van der Waals surface area (Å²) in [4.78, 5) is 17.1. The van der Waals surface area contributed by atoms with Crippen LogP contribution in [-0.4, -0.2) is 58.8 Å². The summed E-state index contributed by atoms with van der Waals surface area (Å²) in [6.45, 7) is 8.01. The molecule has 2 saturated heterocycles. The minimum Gasteiger partial charge on any atom is -0.324 e. The third-order valence-electron chi connectivity index (χ3n) is 5.59. The van der Waals surface area contributed by atoms with E-state index in [0.29, 0.717) is 5.92 Å². The Morgan fingerprint density at radius 3 is 2.72 bits per heavy atom. The number of nitrogens with zero attached hydrogens (tertiary/aromatic N) is 4. The lowest BCUT2D eigenvalue weighted by molar-refractivity contribution is 0.209. The van der Waals surface area contributed by atoms with E-state index in [1.54, 1.807) is 4.68 Å². The molecule has 0 spiro atoms. The van der Waals surface area contributed by atoms with Crippen molar-refractivity contribution in [1.82, 2.24) is 19.6 Å². The van der Waals surface area contributed by atoms with Crippen molar-refractivity contribution in [1.29, 1.82) is 0 Å². The molecule has 0 aliphatic carbocycles. The molecule has 1 N–H and O–H groups in total. The second-order valence-electron chi connectivity index (χ2n) is 7.77. The third-order valence-corrected chi connectivity index (χ3v) is 5.59. The first-order valence-electron chi connectivity index (χ1n) is 8.81. The van der Waals surface area contributed by atoms with Crippen LogP contribution in [0.4, 0.5) is 10.5 Å². The number of rotatable bonds is 2. The molecular weight excluding hydrogens is 314 g/mol. The number of urea groups is 1. The summed E-state index contributed by atoms with van der Waals surface area (Å²) < 4.78 is 1.81. The largest absolute Gasteiger partial charge is 0.324 e. The molecule has 0 saturated carbocycles. The lowest BCUT2D eigenvalue weighted by atomic mass is 9.83. The van der Waals surface area contributed by atoms with Gasteiger partial charge in [0, 0.05) is 31.6 Å². The highest BCUT2D eigenvalue weighted by atomic mass is 16.2. The molecule has 2 amide bonds. The highest BCUT2D eigenvalue weighted by molar-refractivity contribution is 5.90. The Morgan fingerprint density at radius 2 is 2.00 bits per heavy atom. The van der Waals surface area contributed by atoms with Crippen LogP contribution in [0.15, 0.2) is 36.5 Å². The Hall–Kier alpha value is -2.34. The average Bonchev–Trinajstić information content (AvgIpc) is 3.17. The van der Waals surface area contributed by atoms with E-state index in [0.717, 1.165) is 43.2 Å². The van der Waals surface area contributed by atoms with Crippen molar-refractivity contribution in [3.8, 4) is 5.69 Å². The number of aromatic nitrogens is 2. The van der Waals surface area contributed by atoms with E-state index in [1.807, 2.05) is 48.4 Å². The molecule has 132 valence electrons. The van der Waals surface area contributed by atoms with Crippen LogP contribution in [0.2, 0.25) is 0 Å². The van der Waals surface area contributed by atoms with Crippen molar-refractivity contribution in [2.75, 3.05) is 38.5 Å². The van der Waals surface area contributed by atoms with Gasteiger partial charge in [0.25, 0.3) is 0 Å². The summed E-state index contributed by atoms with van der Waals surface area (Å²) in [5.41, 5.74) is 2.79. The van der Waals surface area contributed by atoms with Crippen LogP contribution >= 0.6 is 0 Å². The van der Waals surface area contributed by atoms with E-state index in [9.17, 15) is 4.79 Å². The van der Waals surface area contributed by atoms with Gasteiger partial charge >= 0.3 is 6.03 Å². The van der Waals surface area contributed by atoms with E-state index in [1.165, 1.54) is 0 Å². The molecule has 0 radical (unpaired) electrons. The molecule has 2 atom stereocenters. The van der Waals surface area contributed by atoms with E-state index in [-0.39, 0.29) is 11.4 Å². The number of benzene rings is 1. The Balaban J connectivity index is 1.46. The summed E-state index contributed by atoms with van der Waals surface area (Å²) >= 11 is 0. The lowest BCUT2D eigenvalue weighted by Crippen LogP contribution is -2.37. The molecule has 0 bridgehead atoms. The fraction of sp³-hybridized carbons (Fsp3) is 0.474. The van der Waals surface area contributed by atoms with Crippen molar-refractivity contribution >= 4 is 11.7 Å². The van der Waals surface area contributed by atoms with Crippen LogP contribution < -0.4 is 5.32 Å². The number of fused-ring (bicyclic) bond motifs is 1. The standard InChI is InChI=1S/C19H25N5O/c1-14-17(11-24(21-14)16-7-5-4-6-8-16)20-18(25)23-10-15-9-22(3)12-19(15,2)13-23/h4-8,11,15H,9-10,12-13H2,1-3H3,(H,20,25)/t15-,19+/m1/s1. The summed E-state index contributed by atoms with van der Waals surface area (Å²) in [7, 11) is 2.16. The summed E-state index contributed by atoms with van der Waals surface area (Å²) in [6.07, 6.45) is 1.88. The highest BCUT2D eigenvalue weighted by Crippen LogP contribution is 2.41. The Kier molecular flexibility index (Phi) is 3.80. The van der Waals surface area contributed by atoms with Gasteiger partial charge in [0.15, 0.2) is 0 Å². The third kappa shape index (κ3) is 2.91. The van der Waals surface area contributed by atoms with Crippen LogP contribution in [0.5, 0.6) is 0 Å². The van der Waals surface area contributed by atoms with E-state index < -0.39 is 0 Å². The van der Waals surface area contributed by atoms with Crippen LogP contribution in [-0.2, 0) is 0 Å². The van der Waals surface area contributed by atoms with Crippen molar-refractivity contribution in [3.05, 3.63) is 42.2 Å². The lowest BCUT2D eigenvalue weighted by Gasteiger charge is -2.24. The minimum atomic E-state index is -0.0195. The molecular formula is C19H25N5O. The second-order valence-corrected chi connectivity index (χ2v) is 7.77. The zero-order valence-electron chi connectivity index (χ0n) is 15.1. The van der Waals surface area contributed by atoms with E-state index in [2.05, 4.69) is 29.3 Å². The number of para-hydroxylation sites is 1. The van der Waals surface area contributed by atoms with Crippen molar-refractivity contribution in [2.24, 2.45) is 11.3 Å². The van der Waals surface area contributed by atoms with Crippen molar-refractivity contribution in [2.45, 2.75) is 13.8 Å². The maximum atomic E-state index is 12.7. The van der Waals surface area contributed by atoms with Crippen molar-refractivity contribution < 1.29 is 4.79 Å². The number of nitrogens with one attached hydrogen (secondary N) is 1. The Bertz CT molecular complexity index is 786. The predicted molar refractivity (Wildman–Crippen MR) is 98.0 cm³/mol. The normalized spacial score (nSPS) is 26.0. The van der Waals surface area contributed by atoms with Gasteiger partial charge in [-0.1, -0.05) is 25.1 Å². The fourth-order valence-electron chi connectivity index (χ4n) is 4.28. The van der Waals surface area contributed by atoms with E-state index in [4.69, 9.17) is 0 Å². The predicted octanol–water partition coefficient (Wildman–Crippen LogP) is 2.60. The van der Waals surface area contributed by atoms with Gasteiger partial charge in [-0.2, -0.15) is 5.10 Å². The summed E-state index contributed by atoms with van der Waals surface area (Å²) in [5.74, 6) is 0.566. The smallest absolute Gasteiger partial charge is 0.321 e. The zero-order chi connectivity index (χ0) is 17.6. The molecule has 6 heteroatoms. The average molecular weight is 339 g/mol. The maximum Gasteiger partial charge on any atom is 0.321 e. The monoisotopic (exact) mass is 339 g/mol. The summed E-state index contributed by atoms with van der Waals surface area (Å²) in [6, 6.07) is 9.91. The van der Waals surface area contributed by atoms with Gasteiger partial charge < -0.3 is 15.1 Å². The molecule has 2 aliphatic rings. The van der Waals surface area contributed by atoms with Crippen molar-refractivity contribution in [3.63, 3.8) is 0 Å². The van der Waals surface area contributed by atoms with Crippen LogP contribution in [0, 0.1) is 18.3 Å². The van der Waals surface area contributed by atoms with Crippen LogP contribution in [0.3, 0.4) is 0 Å². The Labute approximate surface area is 148 Å². The topological polar surface area (TPSA) is 53.4 Å². The zero-order valence-corrected chi connectivity index (χ0v) is 15.1. The number of carbonyl (C=O) groups is 1. The molecule has 1 aromatic carbocycles. The number of aryl methyl sites for hydroxylation is 1. The molecule has 25 heavy (non-hydrogen) atoms. The number of likely N-dealkylation sites (tertiary alicyclic amines) is 2. The fourth-order valence-corrected chi connectivity index (χ4v) is 4.28. The van der Waals surface area contributed by atoms with Gasteiger partial charge in [-0.3, -0.25) is 0 Å². The molecule has 1 aromatic heterocycles. The quantitative estimate of drug-likeness (QED) is 0.915. The molecule has 4 rings (SSSR count). The Morgan fingerprint density at radius 1 is 1.24 bits per heavy atom. The van der Waals surface area contributed by atoms with Gasteiger partial charge in [0.05, 0.1) is 23.3 Å². The van der Waals surface area contributed by atoms with Gasteiger partial charge in [-0.05, 0) is 32.0 Å². The first-order valence-corrected chi connectivity index (χ1v) is 8.81. The minimum absolute atomic E-state index is 0.0195. The van der Waals surface area contributed by atoms with Gasteiger partial charge in [0.2, 0.25) is 0 Å². The first-order chi connectivity index (χ1) is 11.9. The second kappa shape index (κ2) is 5.88. The molecule has 0 unspecified atom stereocenters. The molecule has 2 fully saturated rings. The molecule has 6 nitrogen and oxygen atoms in total. The maximum absolute atomic E-state index is 12.7. The number of hydrogen-bond acceptors (Lipinski definition) is 3. The highest BCUT2D eigenvalue weighted by Gasteiger charge is 2.49. The SMILES string of the molecule is Cc1nn(-c2ccccc2)cc1NC(=O)N1C[C@H]2CN(C)C[C@@]2(C)C1. The van der Waals surface area contributed by atoms with Gasteiger partial charge in [-0.15, -0.1) is 0 Å². The summed E-state index contributed by atoms with van der Waals surface area (Å²) in [5, 5.41) is 7.57. The number of amides is 2. The van der Waals surface area contributed by atoms with Crippen LogP contribution in [0.25, 0.3) is 5.69 Å². The van der Waals surface area contributed by atoms with Gasteiger partial charge in [0.1, 0.15) is 0 Å².